The van der Waals surface area contributed by atoms with E-state index in [1.54, 1.807) is 13.0 Å². The Morgan fingerprint density at radius 2 is 2.00 bits per heavy atom. The molecule has 1 rings (SSSR count). The first-order valence-electron chi connectivity index (χ1n) is 6.09. The van der Waals surface area contributed by atoms with Gasteiger partial charge in [0, 0.05) is 12.6 Å². The van der Waals surface area contributed by atoms with Crippen molar-refractivity contribution in [3.05, 3.63) is 11.9 Å². The van der Waals surface area contributed by atoms with Gasteiger partial charge in [-0.1, -0.05) is 13.8 Å². The fourth-order valence-corrected chi connectivity index (χ4v) is 1.64. The average molecular weight is 251 g/mol. The molecule has 6 heteroatoms. The molecule has 0 aliphatic heterocycles. The van der Waals surface area contributed by atoms with Crippen molar-refractivity contribution in [3.8, 4) is 0 Å². The molecule has 4 N–H and O–H groups in total. The number of carbonyl (C=O) groups excluding carboxylic acids is 1. The topological polar surface area (TPSA) is 92.9 Å². The number of amides is 1. The molecule has 1 unspecified atom stereocenters. The Labute approximate surface area is 107 Å². The Balaban J connectivity index is 2.91. The highest BCUT2D eigenvalue weighted by Gasteiger charge is 2.19. The number of nitrogens with zero attached hydrogens (tertiary/aromatic N) is 2. The SMILES string of the molecule is CCNc1cc(NC(C(N)=O)C(C)C)nc(C)n1. The number of anilines is 2. The second-order valence-corrected chi connectivity index (χ2v) is 4.48. The van der Waals surface area contributed by atoms with Crippen LogP contribution in [0.1, 0.15) is 26.6 Å². The number of aromatic nitrogens is 2. The fourth-order valence-electron chi connectivity index (χ4n) is 1.64. The number of carbonyl (C=O) groups is 1. The maximum Gasteiger partial charge on any atom is 0.240 e. The summed E-state index contributed by atoms with van der Waals surface area (Å²) in [4.78, 5) is 19.8. The van der Waals surface area contributed by atoms with E-state index in [0.29, 0.717) is 11.6 Å². The zero-order chi connectivity index (χ0) is 13.7. The van der Waals surface area contributed by atoms with E-state index in [1.165, 1.54) is 0 Å². The van der Waals surface area contributed by atoms with Gasteiger partial charge in [0.05, 0.1) is 0 Å². The second-order valence-electron chi connectivity index (χ2n) is 4.48. The van der Waals surface area contributed by atoms with Crippen molar-refractivity contribution in [2.45, 2.75) is 33.7 Å². The molecule has 18 heavy (non-hydrogen) atoms. The summed E-state index contributed by atoms with van der Waals surface area (Å²) >= 11 is 0. The lowest BCUT2D eigenvalue weighted by molar-refractivity contribution is -0.119. The van der Waals surface area contributed by atoms with E-state index in [2.05, 4.69) is 20.6 Å². The van der Waals surface area contributed by atoms with Gasteiger partial charge >= 0.3 is 0 Å². The van der Waals surface area contributed by atoms with E-state index in [0.717, 1.165) is 12.4 Å². The zero-order valence-electron chi connectivity index (χ0n) is 11.3. The van der Waals surface area contributed by atoms with Gasteiger partial charge in [-0.2, -0.15) is 0 Å². The highest BCUT2D eigenvalue weighted by molar-refractivity contribution is 5.83. The monoisotopic (exact) mass is 251 g/mol. The van der Waals surface area contributed by atoms with E-state index in [9.17, 15) is 4.79 Å². The van der Waals surface area contributed by atoms with E-state index in [-0.39, 0.29) is 11.8 Å². The van der Waals surface area contributed by atoms with Crippen LogP contribution in [-0.2, 0) is 4.79 Å². The van der Waals surface area contributed by atoms with E-state index in [1.807, 2.05) is 20.8 Å². The van der Waals surface area contributed by atoms with Crippen LogP contribution in [0.3, 0.4) is 0 Å². The van der Waals surface area contributed by atoms with Crippen LogP contribution in [0.2, 0.25) is 0 Å². The van der Waals surface area contributed by atoms with Crippen LogP contribution >= 0.6 is 0 Å². The third-order valence-corrected chi connectivity index (χ3v) is 2.47. The van der Waals surface area contributed by atoms with Gasteiger partial charge in [-0.3, -0.25) is 4.79 Å². The van der Waals surface area contributed by atoms with E-state index < -0.39 is 6.04 Å². The minimum absolute atomic E-state index is 0.0976. The number of primary amides is 1. The van der Waals surface area contributed by atoms with E-state index in [4.69, 9.17) is 5.73 Å². The smallest absolute Gasteiger partial charge is 0.240 e. The molecule has 0 aliphatic rings. The van der Waals surface area contributed by atoms with Crippen molar-refractivity contribution in [3.63, 3.8) is 0 Å². The van der Waals surface area contributed by atoms with E-state index >= 15 is 0 Å². The number of hydrogen-bond donors (Lipinski definition) is 3. The first-order chi connectivity index (χ1) is 8.43. The first-order valence-corrected chi connectivity index (χ1v) is 6.09. The van der Waals surface area contributed by atoms with Gasteiger partial charge in [0.15, 0.2) is 0 Å². The molecule has 1 aromatic rings. The summed E-state index contributed by atoms with van der Waals surface area (Å²) in [6, 6.07) is 1.34. The van der Waals surface area contributed by atoms with Crippen molar-refractivity contribution in [1.29, 1.82) is 0 Å². The molecule has 100 valence electrons. The Morgan fingerprint density at radius 3 is 2.50 bits per heavy atom. The Bertz CT molecular complexity index is 419. The zero-order valence-corrected chi connectivity index (χ0v) is 11.3. The van der Waals surface area contributed by atoms with Gasteiger partial charge in [-0.25, -0.2) is 9.97 Å². The molecule has 0 bridgehead atoms. The Morgan fingerprint density at radius 1 is 1.39 bits per heavy atom. The molecule has 0 fully saturated rings. The van der Waals surface area contributed by atoms with Gasteiger partial charge < -0.3 is 16.4 Å². The largest absolute Gasteiger partial charge is 0.370 e. The molecular weight excluding hydrogens is 230 g/mol. The molecule has 1 amide bonds. The molecular formula is C12H21N5O. The number of nitrogens with two attached hydrogens (primary N) is 1. The molecule has 0 saturated carbocycles. The first kappa shape index (κ1) is 14.2. The van der Waals surface area contributed by atoms with Crippen molar-refractivity contribution in [2.75, 3.05) is 17.2 Å². The standard InChI is InChI=1S/C12H21N5O/c1-5-14-9-6-10(16-8(4)15-9)17-11(7(2)3)12(13)18/h6-7,11H,5H2,1-4H3,(H2,13,18)(H2,14,15,16,17). The molecule has 0 saturated heterocycles. The maximum absolute atomic E-state index is 11.3. The highest BCUT2D eigenvalue weighted by atomic mass is 16.1. The Kier molecular flexibility index (Phi) is 4.88. The van der Waals surface area contributed by atoms with Crippen LogP contribution in [0.4, 0.5) is 11.6 Å². The summed E-state index contributed by atoms with van der Waals surface area (Å²) < 4.78 is 0. The van der Waals surface area contributed by atoms with Gasteiger partial charge in [0.1, 0.15) is 23.5 Å². The van der Waals surface area contributed by atoms with Crippen LogP contribution in [0.25, 0.3) is 0 Å². The molecule has 0 spiro atoms. The quantitative estimate of drug-likeness (QED) is 0.705. The highest BCUT2D eigenvalue weighted by Crippen LogP contribution is 2.14. The van der Waals surface area contributed by atoms with Crippen molar-refractivity contribution >= 4 is 17.5 Å². The molecule has 0 radical (unpaired) electrons. The summed E-state index contributed by atoms with van der Waals surface area (Å²) in [5, 5.41) is 6.17. The minimum atomic E-state index is -0.436. The summed E-state index contributed by atoms with van der Waals surface area (Å²) in [5.41, 5.74) is 5.36. The number of rotatable bonds is 6. The lowest BCUT2D eigenvalue weighted by Gasteiger charge is -2.20. The Hall–Kier alpha value is -1.85. The van der Waals surface area contributed by atoms with Gasteiger partial charge in [-0.15, -0.1) is 0 Å². The van der Waals surface area contributed by atoms with Crippen LogP contribution in [0.15, 0.2) is 6.07 Å². The lowest BCUT2D eigenvalue weighted by atomic mass is 10.0. The summed E-state index contributed by atoms with van der Waals surface area (Å²) in [6.07, 6.45) is 0. The van der Waals surface area contributed by atoms with Crippen molar-refractivity contribution in [1.82, 2.24) is 9.97 Å². The van der Waals surface area contributed by atoms with Crippen LogP contribution in [-0.4, -0.2) is 28.5 Å². The normalized spacial score (nSPS) is 12.3. The number of hydrogen-bond acceptors (Lipinski definition) is 5. The van der Waals surface area contributed by atoms with Gasteiger partial charge in [0.25, 0.3) is 0 Å². The van der Waals surface area contributed by atoms with Crippen LogP contribution in [0, 0.1) is 12.8 Å². The summed E-state index contributed by atoms with van der Waals surface area (Å²) in [5.74, 6) is 1.70. The molecule has 1 atom stereocenters. The molecule has 6 nitrogen and oxygen atoms in total. The lowest BCUT2D eigenvalue weighted by Crippen LogP contribution is -2.39. The molecule has 0 aromatic carbocycles. The second kappa shape index (κ2) is 6.18. The minimum Gasteiger partial charge on any atom is -0.370 e. The average Bonchev–Trinajstić information content (AvgIpc) is 2.24. The number of nitrogens with one attached hydrogen (secondary N) is 2. The van der Waals surface area contributed by atoms with Crippen molar-refractivity contribution < 1.29 is 4.79 Å². The van der Waals surface area contributed by atoms with Crippen molar-refractivity contribution in [2.24, 2.45) is 11.7 Å². The predicted octanol–water partition coefficient (Wildman–Crippen LogP) is 1.14. The number of aryl methyl sites for hydroxylation is 1. The van der Waals surface area contributed by atoms with Crippen LogP contribution < -0.4 is 16.4 Å². The fraction of sp³-hybridized carbons (Fsp3) is 0.583. The third kappa shape index (κ3) is 3.87. The predicted molar refractivity (Wildman–Crippen MR) is 72.4 cm³/mol. The third-order valence-electron chi connectivity index (χ3n) is 2.47. The maximum atomic E-state index is 11.3. The molecule has 0 aliphatic carbocycles. The molecule has 1 heterocycles. The van der Waals surface area contributed by atoms with Gasteiger partial charge in [0.2, 0.25) is 5.91 Å². The van der Waals surface area contributed by atoms with Crippen LogP contribution in [0.5, 0.6) is 0 Å². The van der Waals surface area contributed by atoms with Gasteiger partial charge in [-0.05, 0) is 19.8 Å². The summed E-state index contributed by atoms with van der Waals surface area (Å²) in [7, 11) is 0. The molecule has 1 aromatic heterocycles. The summed E-state index contributed by atoms with van der Waals surface area (Å²) in [6.45, 7) is 8.44.